The molecule has 2 heterocycles. The summed E-state index contributed by atoms with van der Waals surface area (Å²) in [4.78, 5) is 26.6. The summed E-state index contributed by atoms with van der Waals surface area (Å²) in [5, 5.41) is 0.157. The van der Waals surface area contributed by atoms with Gasteiger partial charge in [-0.05, 0) is 23.6 Å². The fraction of sp³-hybridized carbons (Fsp3) is 0.188. The van der Waals surface area contributed by atoms with Gasteiger partial charge in [-0.15, -0.1) is 0 Å². The molecule has 0 spiro atoms. The summed E-state index contributed by atoms with van der Waals surface area (Å²) in [5.41, 5.74) is 6.30. The van der Waals surface area contributed by atoms with Crippen LogP contribution in [0.2, 0.25) is 5.02 Å². The molecule has 1 unspecified atom stereocenters. The molecule has 1 aliphatic rings. The minimum Gasteiger partial charge on any atom is -0.437 e. The van der Waals surface area contributed by atoms with Gasteiger partial charge in [-0.25, -0.2) is 4.98 Å². The maximum absolute atomic E-state index is 11.5. The number of amides is 1. The zero-order valence-electron chi connectivity index (χ0n) is 12.2. The Hall–Kier alpha value is -2.60. The fourth-order valence-corrected chi connectivity index (χ4v) is 2.55. The highest BCUT2D eigenvalue weighted by molar-refractivity contribution is 6.32. The van der Waals surface area contributed by atoms with E-state index in [-0.39, 0.29) is 28.4 Å². The van der Waals surface area contributed by atoms with E-state index in [2.05, 4.69) is 4.98 Å². The second-order valence-electron chi connectivity index (χ2n) is 5.26. The van der Waals surface area contributed by atoms with Crippen LogP contribution < -0.4 is 15.2 Å². The van der Waals surface area contributed by atoms with E-state index in [0.29, 0.717) is 17.9 Å². The lowest BCUT2D eigenvalue weighted by Gasteiger charge is -2.21. The van der Waals surface area contributed by atoms with Gasteiger partial charge in [0.25, 0.3) is 0 Å². The van der Waals surface area contributed by atoms with Crippen LogP contribution in [0.4, 0.5) is 0 Å². The van der Waals surface area contributed by atoms with E-state index in [1.54, 1.807) is 12.1 Å². The highest BCUT2D eigenvalue weighted by atomic mass is 35.5. The molecule has 0 radical (unpaired) electrons. The second-order valence-corrected chi connectivity index (χ2v) is 5.66. The molecule has 2 aromatic rings. The number of nitrogens with two attached hydrogens (primary N) is 1. The van der Waals surface area contributed by atoms with Crippen molar-refractivity contribution < 1.29 is 19.1 Å². The van der Waals surface area contributed by atoms with Crippen LogP contribution in [0.15, 0.2) is 30.5 Å². The van der Waals surface area contributed by atoms with Crippen LogP contribution >= 0.6 is 11.6 Å². The molecule has 0 saturated carbocycles. The van der Waals surface area contributed by atoms with E-state index in [0.717, 1.165) is 5.56 Å². The molecule has 1 aromatic heterocycles. The predicted molar refractivity (Wildman–Crippen MR) is 82.9 cm³/mol. The molecule has 0 saturated heterocycles. The Kier molecular flexibility index (Phi) is 3.92. The lowest BCUT2D eigenvalue weighted by molar-refractivity contribution is -0.135. The molecular weight excluding hydrogens is 320 g/mol. The Morgan fingerprint density at radius 2 is 2.22 bits per heavy atom. The van der Waals surface area contributed by atoms with Gasteiger partial charge in [0.1, 0.15) is 16.5 Å². The molecule has 2 N–H and O–H groups in total. The number of esters is 1. The smallest absolute Gasteiger partial charge is 0.311 e. The summed E-state index contributed by atoms with van der Waals surface area (Å²) >= 11 is 6.03. The van der Waals surface area contributed by atoms with Crippen molar-refractivity contribution >= 4 is 23.5 Å². The standard InChI is InChI=1S/C16H13ClN2O4/c1-8-4-14(20)23-13-6-10(2-3-11(8)13)22-16-12(17)5-9(7-19-16)15(18)21/h2-3,5-8H,4H2,1H3,(H2,18,21). The molecule has 1 aliphatic heterocycles. The summed E-state index contributed by atoms with van der Waals surface area (Å²) < 4.78 is 10.8. The molecular formula is C16H13ClN2O4. The third-order valence-electron chi connectivity index (χ3n) is 3.52. The Balaban J connectivity index is 1.88. The van der Waals surface area contributed by atoms with Gasteiger partial charge in [0.05, 0.1) is 12.0 Å². The number of fused-ring (bicyclic) bond motifs is 1. The number of carbonyl (C=O) groups excluding carboxylic acids is 2. The van der Waals surface area contributed by atoms with E-state index >= 15 is 0 Å². The molecule has 6 nitrogen and oxygen atoms in total. The third-order valence-corrected chi connectivity index (χ3v) is 3.79. The molecule has 1 aromatic carbocycles. The molecule has 3 rings (SSSR count). The number of hydrogen-bond acceptors (Lipinski definition) is 5. The second kappa shape index (κ2) is 5.89. The van der Waals surface area contributed by atoms with Crippen LogP contribution in [0.25, 0.3) is 0 Å². The molecule has 0 aliphatic carbocycles. The summed E-state index contributed by atoms with van der Waals surface area (Å²) in [6.07, 6.45) is 1.64. The van der Waals surface area contributed by atoms with Gasteiger partial charge in [0.2, 0.25) is 11.8 Å². The molecule has 0 bridgehead atoms. The van der Waals surface area contributed by atoms with E-state index in [1.165, 1.54) is 12.3 Å². The topological polar surface area (TPSA) is 91.5 Å². The minimum absolute atomic E-state index is 0.0943. The van der Waals surface area contributed by atoms with Crippen LogP contribution in [0.1, 0.15) is 35.2 Å². The number of halogens is 1. The van der Waals surface area contributed by atoms with Crippen LogP contribution in [0.5, 0.6) is 17.4 Å². The van der Waals surface area contributed by atoms with Crippen LogP contribution in [0, 0.1) is 0 Å². The van der Waals surface area contributed by atoms with E-state index in [4.69, 9.17) is 26.8 Å². The van der Waals surface area contributed by atoms with Crippen molar-refractivity contribution in [1.29, 1.82) is 0 Å². The molecule has 1 atom stereocenters. The van der Waals surface area contributed by atoms with Gasteiger partial charge < -0.3 is 15.2 Å². The van der Waals surface area contributed by atoms with Crippen LogP contribution in [-0.4, -0.2) is 16.9 Å². The quantitative estimate of drug-likeness (QED) is 0.689. The predicted octanol–water partition coefficient (Wildman–Crippen LogP) is 3.04. The van der Waals surface area contributed by atoms with Gasteiger partial charge in [-0.2, -0.15) is 0 Å². The van der Waals surface area contributed by atoms with Crippen molar-refractivity contribution in [2.45, 2.75) is 19.3 Å². The highest BCUT2D eigenvalue weighted by Crippen LogP contribution is 2.38. The summed E-state index contributed by atoms with van der Waals surface area (Å²) in [6.45, 7) is 1.96. The summed E-state index contributed by atoms with van der Waals surface area (Å²) in [5.74, 6) is 0.219. The number of primary amides is 1. The van der Waals surface area contributed by atoms with Gasteiger partial charge in [0, 0.05) is 12.3 Å². The number of nitrogens with zero attached hydrogens (tertiary/aromatic N) is 1. The molecule has 7 heteroatoms. The van der Waals surface area contributed by atoms with Crippen molar-refractivity contribution in [3.63, 3.8) is 0 Å². The zero-order chi connectivity index (χ0) is 16.6. The third kappa shape index (κ3) is 3.12. The Morgan fingerprint density at radius 1 is 1.43 bits per heavy atom. The average Bonchev–Trinajstić information content (AvgIpc) is 2.48. The van der Waals surface area contributed by atoms with E-state index in [1.807, 2.05) is 13.0 Å². The zero-order valence-corrected chi connectivity index (χ0v) is 13.0. The fourth-order valence-electron chi connectivity index (χ4n) is 2.34. The number of ether oxygens (including phenoxy) is 2. The van der Waals surface area contributed by atoms with E-state index in [9.17, 15) is 9.59 Å². The Morgan fingerprint density at radius 3 is 2.91 bits per heavy atom. The summed E-state index contributed by atoms with van der Waals surface area (Å²) in [7, 11) is 0. The SMILES string of the molecule is CC1CC(=O)Oc2cc(Oc3ncc(C(N)=O)cc3Cl)ccc21. The maximum atomic E-state index is 11.5. The van der Waals surface area contributed by atoms with Crippen LogP contribution in [-0.2, 0) is 4.79 Å². The number of benzene rings is 1. The lowest BCUT2D eigenvalue weighted by atomic mass is 9.95. The van der Waals surface area contributed by atoms with Crippen LogP contribution in [0.3, 0.4) is 0 Å². The molecule has 23 heavy (non-hydrogen) atoms. The van der Waals surface area contributed by atoms with Gasteiger partial charge >= 0.3 is 5.97 Å². The monoisotopic (exact) mass is 332 g/mol. The number of rotatable bonds is 3. The van der Waals surface area contributed by atoms with Gasteiger partial charge in [-0.3, -0.25) is 9.59 Å². The molecule has 118 valence electrons. The first-order valence-electron chi connectivity index (χ1n) is 6.92. The summed E-state index contributed by atoms with van der Waals surface area (Å²) in [6, 6.07) is 6.58. The first-order valence-corrected chi connectivity index (χ1v) is 7.29. The molecule has 1 amide bonds. The van der Waals surface area contributed by atoms with Crippen molar-refractivity contribution in [1.82, 2.24) is 4.98 Å². The largest absolute Gasteiger partial charge is 0.437 e. The first-order chi connectivity index (χ1) is 10.9. The average molecular weight is 333 g/mol. The van der Waals surface area contributed by atoms with Gasteiger partial charge in [0.15, 0.2) is 0 Å². The number of hydrogen-bond donors (Lipinski definition) is 1. The first kappa shape index (κ1) is 15.3. The molecule has 0 fully saturated rings. The Bertz CT molecular complexity index is 807. The number of aromatic nitrogens is 1. The maximum Gasteiger partial charge on any atom is 0.311 e. The minimum atomic E-state index is -0.624. The van der Waals surface area contributed by atoms with E-state index < -0.39 is 5.91 Å². The highest BCUT2D eigenvalue weighted by Gasteiger charge is 2.24. The number of carbonyl (C=O) groups is 2. The van der Waals surface area contributed by atoms with Crippen molar-refractivity contribution in [2.75, 3.05) is 0 Å². The van der Waals surface area contributed by atoms with Crippen molar-refractivity contribution in [3.05, 3.63) is 46.6 Å². The lowest BCUT2D eigenvalue weighted by Crippen LogP contribution is -2.18. The normalized spacial score (nSPS) is 16.4. The number of pyridine rings is 1. The Labute approximate surface area is 137 Å². The van der Waals surface area contributed by atoms with Crippen molar-refractivity contribution in [3.8, 4) is 17.4 Å². The van der Waals surface area contributed by atoms with Crippen molar-refractivity contribution in [2.24, 2.45) is 5.73 Å². The van der Waals surface area contributed by atoms with Gasteiger partial charge in [-0.1, -0.05) is 24.6 Å².